The van der Waals surface area contributed by atoms with Gasteiger partial charge in [0.05, 0.1) is 6.61 Å². The van der Waals surface area contributed by atoms with Crippen molar-refractivity contribution < 1.29 is 14.6 Å². The number of carbonyl (C=O) groups excluding carboxylic acids is 1. The molecular formula is C9H17NO3. The maximum Gasteiger partial charge on any atom is 0.252 e. The number of ether oxygens (including phenoxy) is 1. The summed E-state index contributed by atoms with van der Waals surface area (Å²) in [5, 5.41) is 8.71. The molecule has 0 aromatic rings. The first-order chi connectivity index (χ1) is 6.16. The number of carbonyl (C=O) groups is 1. The molecule has 0 aromatic heterocycles. The maximum absolute atomic E-state index is 11.6. The molecular weight excluding hydrogens is 170 g/mol. The zero-order valence-electron chi connectivity index (χ0n) is 8.19. The first-order valence-corrected chi connectivity index (χ1v) is 4.69. The van der Waals surface area contributed by atoms with Gasteiger partial charge in [0.15, 0.2) is 0 Å². The van der Waals surface area contributed by atoms with E-state index >= 15 is 0 Å². The van der Waals surface area contributed by atoms with Crippen LogP contribution in [-0.4, -0.2) is 47.8 Å². The van der Waals surface area contributed by atoms with Crippen molar-refractivity contribution in [1.82, 2.24) is 4.90 Å². The van der Waals surface area contributed by atoms with Crippen molar-refractivity contribution in [2.24, 2.45) is 0 Å². The van der Waals surface area contributed by atoms with Crippen molar-refractivity contribution in [2.75, 3.05) is 19.8 Å². The van der Waals surface area contributed by atoms with E-state index in [4.69, 9.17) is 9.84 Å². The van der Waals surface area contributed by atoms with E-state index in [-0.39, 0.29) is 18.6 Å². The highest BCUT2D eigenvalue weighted by Gasteiger charge is 2.30. The lowest BCUT2D eigenvalue weighted by atomic mass is 10.1. The van der Waals surface area contributed by atoms with Gasteiger partial charge in [-0.05, 0) is 13.8 Å². The SMILES string of the molecule is CC(C)N1CCOC(CCO)C1=O. The average molecular weight is 187 g/mol. The molecule has 0 saturated carbocycles. The van der Waals surface area contributed by atoms with Gasteiger partial charge in [-0.2, -0.15) is 0 Å². The quantitative estimate of drug-likeness (QED) is 0.677. The van der Waals surface area contributed by atoms with E-state index in [0.717, 1.165) is 0 Å². The molecule has 1 N–H and O–H groups in total. The minimum Gasteiger partial charge on any atom is -0.396 e. The smallest absolute Gasteiger partial charge is 0.252 e. The minimum atomic E-state index is -0.429. The number of nitrogens with zero attached hydrogens (tertiary/aromatic N) is 1. The van der Waals surface area contributed by atoms with Crippen LogP contribution in [0.3, 0.4) is 0 Å². The first kappa shape index (κ1) is 10.5. The lowest BCUT2D eigenvalue weighted by molar-refractivity contribution is -0.156. The molecule has 1 heterocycles. The third-order valence-electron chi connectivity index (χ3n) is 2.22. The highest BCUT2D eigenvalue weighted by Crippen LogP contribution is 2.12. The second-order valence-electron chi connectivity index (χ2n) is 3.50. The molecule has 1 fully saturated rings. The number of morpholine rings is 1. The van der Waals surface area contributed by atoms with Crippen LogP contribution in [0.25, 0.3) is 0 Å². The van der Waals surface area contributed by atoms with E-state index in [2.05, 4.69) is 0 Å². The fourth-order valence-corrected chi connectivity index (χ4v) is 1.50. The van der Waals surface area contributed by atoms with E-state index in [0.29, 0.717) is 19.6 Å². The summed E-state index contributed by atoms with van der Waals surface area (Å²) >= 11 is 0. The predicted molar refractivity (Wildman–Crippen MR) is 48.3 cm³/mol. The van der Waals surface area contributed by atoms with Crippen LogP contribution in [-0.2, 0) is 9.53 Å². The summed E-state index contributed by atoms with van der Waals surface area (Å²) in [6.07, 6.45) is -0.0247. The van der Waals surface area contributed by atoms with E-state index in [1.54, 1.807) is 4.90 Å². The third-order valence-corrected chi connectivity index (χ3v) is 2.22. The van der Waals surface area contributed by atoms with Gasteiger partial charge >= 0.3 is 0 Å². The summed E-state index contributed by atoms with van der Waals surface area (Å²) in [7, 11) is 0. The summed E-state index contributed by atoms with van der Waals surface area (Å²) in [6, 6.07) is 0.220. The normalized spacial score (nSPS) is 24.2. The molecule has 1 amide bonds. The van der Waals surface area contributed by atoms with Gasteiger partial charge in [0, 0.05) is 25.6 Å². The maximum atomic E-state index is 11.6. The summed E-state index contributed by atoms with van der Waals surface area (Å²) in [4.78, 5) is 13.4. The Kier molecular flexibility index (Phi) is 3.69. The molecule has 4 nitrogen and oxygen atoms in total. The molecule has 76 valence electrons. The fraction of sp³-hybridized carbons (Fsp3) is 0.889. The number of hydrogen-bond donors (Lipinski definition) is 1. The third kappa shape index (κ3) is 2.42. The molecule has 1 rings (SSSR count). The van der Waals surface area contributed by atoms with Gasteiger partial charge in [-0.25, -0.2) is 0 Å². The van der Waals surface area contributed by atoms with Gasteiger partial charge in [0.1, 0.15) is 6.10 Å². The molecule has 1 aliphatic heterocycles. The molecule has 4 heteroatoms. The molecule has 1 unspecified atom stereocenters. The van der Waals surface area contributed by atoms with Crippen molar-refractivity contribution in [3.63, 3.8) is 0 Å². The Morgan fingerprint density at radius 1 is 1.69 bits per heavy atom. The molecule has 0 radical (unpaired) electrons. The fourth-order valence-electron chi connectivity index (χ4n) is 1.50. The van der Waals surface area contributed by atoms with Gasteiger partial charge in [0.25, 0.3) is 5.91 Å². The Bertz CT molecular complexity index is 180. The molecule has 0 bridgehead atoms. The summed E-state index contributed by atoms with van der Waals surface area (Å²) in [6.45, 7) is 5.22. The Hall–Kier alpha value is -0.610. The van der Waals surface area contributed by atoms with Gasteiger partial charge in [-0.1, -0.05) is 0 Å². The van der Waals surface area contributed by atoms with Crippen molar-refractivity contribution in [3.05, 3.63) is 0 Å². The summed E-state index contributed by atoms with van der Waals surface area (Å²) in [5.41, 5.74) is 0. The second kappa shape index (κ2) is 4.58. The summed E-state index contributed by atoms with van der Waals surface area (Å²) in [5.74, 6) is 0.00954. The van der Waals surface area contributed by atoms with Crippen LogP contribution in [0.15, 0.2) is 0 Å². The first-order valence-electron chi connectivity index (χ1n) is 4.69. The van der Waals surface area contributed by atoms with Crippen LogP contribution >= 0.6 is 0 Å². The Morgan fingerprint density at radius 3 is 2.92 bits per heavy atom. The molecule has 1 atom stereocenters. The van der Waals surface area contributed by atoms with Gasteiger partial charge in [0.2, 0.25) is 0 Å². The van der Waals surface area contributed by atoms with Gasteiger partial charge in [-0.15, -0.1) is 0 Å². The standard InChI is InChI=1S/C9H17NO3/c1-7(2)10-4-6-13-8(3-5-11)9(10)12/h7-8,11H,3-6H2,1-2H3. The molecule has 1 saturated heterocycles. The van der Waals surface area contributed by atoms with Gasteiger partial charge < -0.3 is 14.7 Å². The number of aliphatic hydroxyl groups is 1. The second-order valence-corrected chi connectivity index (χ2v) is 3.50. The van der Waals surface area contributed by atoms with Crippen LogP contribution in [0.1, 0.15) is 20.3 Å². The van der Waals surface area contributed by atoms with Crippen LogP contribution in [0, 0.1) is 0 Å². The topological polar surface area (TPSA) is 49.8 Å². The van der Waals surface area contributed by atoms with E-state index < -0.39 is 6.10 Å². The van der Waals surface area contributed by atoms with E-state index in [1.165, 1.54) is 0 Å². The zero-order valence-corrected chi connectivity index (χ0v) is 8.19. The number of amides is 1. The molecule has 0 aromatic carbocycles. The van der Waals surface area contributed by atoms with Crippen LogP contribution in [0.2, 0.25) is 0 Å². The van der Waals surface area contributed by atoms with Crippen LogP contribution in [0.4, 0.5) is 0 Å². The van der Waals surface area contributed by atoms with E-state index in [1.807, 2.05) is 13.8 Å². The van der Waals surface area contributed by atoms with Crippen molar-refractivity contribution in [3.8, 4) is 0 Å². The monoisotopic (exact) mass is 187 g/mol. The highest BCUT2D eigenvalue weighted by molar-refractivity contribution is 5.81. The minimum absolute atomic E-state index is 0.00232. The summed E-state index contributed by atoms with van der Waals surface area (Å²) < 4.78 is 5.26. The highest BCUT2D eigenvalue weighted by atomic mass is 16.5. The Morgan fingerprint density at radius 2 is 2.38 bits per heavy atom. The Balaban J connectivity index is 2.55. The molecule has 13 heavy (non-hydrogen) atoms. The van der Waals surface area contributed by atoms with E-state index in [9.17, 15) is 4.79 Å². The van der Waals surface area contributed by atoms with Crippen molar-refractivity contribution in [2.45, 2.75) is 32.4 Å². The van der Waals surface area contributed by atoms with Crippen LogP contribution in [0.5, 0.6) is 0 Å². The Labute approximate surface area is 78.5 Å². The van der Waals surface area contributed by atoms with Crippen molar-refractivity contribution in [1.29, 1.82) is 0 Å². The molecule has 0 aliphatic carbocycles. The lowest BCUT2D eigenvalue weighted by Crippen LogP contribution is -2.50. The number of rotatable bonds is 3. The number of aliphatic hydroxyl groups excluding tert-OH is 1. The number of hydrogen-bond acceptors (Lipinski definition) is 3. The molecule has 1 aliphatic rings. The largest absolute Gasteiger partial charge is 0.396 e. The van der Waals surface area contributed by atoms with Crippen LogP contribution < -0.4 is 0 Å². The van der Waals surface area contributed by atoms with Gasteiger partial charge in [-0.3, -0.25) is 4.79 Å². The predicted octanol–water partition coefficient (Wildman–Crippen LogP) is 0.00460. The average Bonchev–Trinajstić information content (AvgIpc) is 2.08. The lowest BCUT2D eigenvalue weighted by Gasteiger charge is -2.34. The molecule has 0 spiro atoms. The van der Waals surface area contributed by atoms with Crippen molar-refractivity contribution >= 4 is 5.91 Å². The zero-order chi connectivity index (χ0) is 9.84.